The molecule has 0 bridgehead atoms. The molecule has 114 valence electrons. The quantitative estimate of drug-likeness (QED) is 0.851. The lowest BCUT2D eigenvalue weighted by Gasteiger charge is -2.16. The van der Waals surface area contributed by atoms with Crippen LogP contribution < -0.4 is 5.32 Å². The fraction of sp³-hybridized carbons (Fsp3) is 0.562. The lowest BCUT2D eigenvalue weighted by molar-refractivity contribution is 0.465. The zero-order valence-corrected chi connectivity index (χ0v) is 13.4. The van der Waals surface area contributed by atoms with Crippen molar-refractivity contribution in [3.63, 3.8) is 0 Å². The average Bonchev–Trinajstić information content (AvgIpc) is 2.95. The van der Waals surface area contributed by atoms with Gasteiger partial charge >= 0.3 is 0 Å². The number of aryl methyl sites for hydroxylation is 1. The molecule has 0 aliphatic heterocycles. The molecule has 1 N–H and O–H groups in total. The van der Waals surface area contributed by atoms with Gasteiger partial charge in [0.2, 0.25) is 0 Å². The van der Waals surface area contributed by atoms with E-state index in [-0.39, 0.29) is 6.04 Å². The third-order valence-electron chi connectivity index (χ3n) is 3.73. The van der Waals surface area contributed by atoms with Crippen LogP contribution in [0.25, 0.3) is 0 Å². The Labute approximate surface area is 126 Å². The lowest BCUT2D eigenvalue weighted by atomic mass is 10.1. The summed E-state index contributed by atoms with van der Waals surface area (Å²) in [5.41, 5.74) is 3.00. The first-order valence-corrected chi connectivity index (χ1v) is 7.70. The Morgan fingerprint density at radius 2 is 2.05 bits per heavy atom. The highest BCUT2D eigenvalue weighted by Gasteiger charge is 2.15. The predicted octanol–water partition coefficient (Wildman–Crippen LogP) is 2.85. The van der Waals surface area contributed by atoms with Crippen LogP contribution in [0.15, 0.2) is 24.7 Å². The minimum absolute atomic E-state index is 0.156. The van der Waals surface area contributed by atoms with Crippen LogP contribution in [0.3, 0.4) is 0 Å². The minimum Gasteiger partial charge on any atom is -0.309 e. The van der Waals surface area contributed by atoms with Crippen LogP contribution in [-0.4, -0.2) is 26.3 Å². The van der Waals surface area contributed by atoms with E-state index in [2.05, 4.69) is 53.4 Å². The van der Waals surface area contributed by atoms with Crippen molar-refractivity contribution in [2.24, 2.45) is 0 Å². The number of hydrogen-bond acceptors (Lipinski definition) is 4. The molecule has 0 spiro atoms. The molecular formula is C16H25N5. The molecule has 5 heteroatoms. The van der Waals surface area contributed by atoms with Crippen molar-refractivity contribution in [1.29, 1.82) is 0 Å². The molecule has 2 heterocycles. The van der Waals surface area contributed by atoms with Crippen molar-refractivity contribution in [3.05, 3.63) is 41.7 Å². The maximum absolute atomic E-state index is 4.67. The highest BCUT2D eigenvalue weighted by Crippen LogP contribution is 2.16. The van der Waals surface area contributed by atoms with Gasteiger partial charge in [0.15, 0.2) is 0 Å². The molecule has 0 fully saturated rings. The summed E-state index contributed by atoms with van der Waals surface area (Å²) >= 11 is 0. The second kappa shape index (κ2) is 7.31. The van der Waals surface area contributed by atoms with Crippen LogP contribution in [0.1, 0.15) is 56.4 Å². The molecule has 2 atom stereocenters. The predicted molar refractivity (Wildman–Crippen MR) is 84.1 cm³/mol. The Morgan fingerprint density at radius 3 is 2.67 bits per heavy atom. The third-order valence-corrected chi connectivity index (χ3v) is 3.73. The fourth-order valence-electron chi connectivity index (χ4n) is 2.24. The van der Waals surface area contributed by atoms with Crippen molar-refractivity contribution in [3.8, 4) is 0 Å². The van der Waals surface area contributed by atoms with E-state index in [0.29, 0.717) is 6.04 Å². The summed E-state index contributed by atoms with van der Waals surface area (Å²) in [4.78, 5) is 8.83. The van der Waals surface area contributed by atoms with E-state index in [1.807, 2.05) is 24.0 Å². The molecule has 5 nitrogen and oxygen atoms in total. The van der Waals surface area contributed by atoms with Crippen LogP contribution in [0.4, 0.5) is 0 Å². The Balaban J connectivity index is 2.12. The van der Waals surface area contributed by atoms with Gasteiger partial charge in [0.05, 0.1) is 29.3 Å². The number of nitrogens with one attached hydrogen (secondary N) is 1. The first-order chi connectivity index (χ1) is 10.1. The van der Waals surface area contributed by atoms with Crippen LogP contribution >= 0.6 is 0 Å². The number of rotatable bonds is 7. The van der Waals surface area contributed by atoms with E-state index in [1.54, 1.807) is 0 Å². The lowest BCUT2D eigenvalue weighted by Crippen LogP contribution is -2.24. The van der Waals surface area contributed by atoms with Crippen molar-refractivity contribution < 1.29 is 0 Å². The Kier molecular flexibility index (Phi) is 5.44. The smallest absolute Gasteiger partial charge is 0.0760 e. The molecule has 0 radical (unpaired) electrons. The largest absolute Gasteiger partial charge is 0.309 e. The fourth-order valence-corrected chi connectivity index (χ4v) is 2.24. The van der Waals surface area contributed by atoms with Crippen LogP contribution in [0.5, 0.6) is 0 Å². The molecule has 2 rings (SSSR count). The molecule has 2 unspecified atom stereocenters. The Morgan fingerprint density at radius 1 is 1.24 bits per heavy atom. The van der Waals surface area contributed by atoms with Gasteiger partial charge in [-0.3, -0.25) is 14.6 Å². The second-order valence-corrected chi connectivity index (χ2v) is 5.44. The zero-order chi connectivity index (χ0) is 15.2. The molecule has 2 aromatic heterocycles. The minimum atomic E-state index is 0.156. The van der Waals surface area contributed by atoms with Gasteiger partial charge in [-0.1, -0.05) is 13.8 Å². The SMILES string of the molecule is CCNC(Cc1ccn(C(C)CC)n1)c1cnc(C)cn1. The number of nitrogens with zero attached hydrogens (tertiary/aromatic N) is 4. The summed E-state index contributed by atoms with van der Waals surface area (Å²) in [7, 11) is 0. The van der Waals surface area contributed by atoms with Gasteiger partial charge in [-0.05, 0) is 32.9 Å². The van der Waals surface area contributed by atoms with E-state index >= 15 is 0 Å². The van der Waals surface area contributed by atoms with Gasteiger partial charge in [-0.25, -0.2) is 0 Å². The van der Waals surface area contributed by atoms with Crippen molar-refractivity contribution in [2.45, 2.75) is 52.6 Å². The van der Waals surface area contributed by atoms with E-state index < -0.39 is 0 Å². The number of hydrogen-bond donors (Lipinski definition) is 1. The van der Waals surface area contributed by atoms with E-state index in [4.69, 9.17) is 0 Å². The highest BCUT2D eigenvalue weighted by molar-refractivity contribution is 5.11. The standard InChI is InChI=1S/C16H25N5/c1-5-13(4)21-8-7-14(20-21)9-15(17-6-2)16-11-18-12(3)10-19-16/h7-8,10-11,13,15,17H,5-6,9H2,1-4H3. The first-order valence-electron chi connectivity index (χ1n) is 7.70. The second-order valence-electron chi connectivity index (χ2n) is 5.44. The Hall–Kier alpha value is -1.75. The molecule has 0 aliphatic carbocycles. The normalized spacial score (nSPS) is 14.1. The number of aromatic nitrogens is 4. The van der Waals surface area contributed by atoms with Gasteiger partial charge in [0.1, 0.15) is 0 Å². The molecule has 0 saturated carbocycles. The summed E-state index contributed by atoms with van der Waals surface area (Å²) in [5, 5.41) is 8.14. The van der Waals surface area contributed by atoms with Gasteiger partial charge in [-0.2, -0.15) is 5.10 Å². The van der Waals surface area contributed by atoms with Gasteiger partial charge in [-0.15, -0.1) is 0 Å². The van der Waals surface area contributed by atoms with E-state index in [9.17, 15) is 0 Å². The Bertz CT molecular complexity index is 546. The van der Waals surface area contributed by atoms with Crippen molar-refractivity contribution in [1.82, 2.24) is 25.1 Å². The molecule has 21 heavy (non-hydrogen) atoms. The van der Waals surface area contributed by atoms with Crippen LogP contribution in [0.2, 0.25) is 0 Å². The molecular weight excluding hydrogens is 262 g/mol. The van der Waals surface area contributed by atoms with Crippen LogP contribution in [-0.2, 0) is 6.42 Å². The van der Waals surface area contributed by atoms with E-state index in [0.717, 1.165) is 36.5 Å². The maximum Gasteiger partial charge on any atom is 0.0760 e. The summed E-state index contributed by atoms with van der Waals surface area (Å²) in [6.45, 7) is 9.31. The topological polar surface area (TPSA) is 55.6 Å². The van der Waals surface area contributed by atoms with Crippen LogP contribution in [0, 0.1) is 6.92 Å². The van der Waals surface area contributed by atoms with Gasteiger partial charge < -0.3 is 5.32 Å². The zero-order valence-electron chi connectivity index (χ0n) is 13.4. The molecule has 2 aromatic rings. The summed E-state index contributed by atoms with van der Waals surface area (Å²) in [5.74, 6) is 0. The maximum atomic E-state index is 4.67. The third kappa shape index (κ3) is 4.11. The number of likely N-dealkylation sites (N-methyl/N-ethyl adjacent to an activating group) is 1. The van der Waals surface area contributed by atoms with Crippen molar-refractivity contribution >= 4 is 0 Å². The van der Waals surface area contributed by atoms with Gasteiger partial charge in [0, 0.05) is 24.9 Å². The highest BCUT2D eigenvalue weighted by atomic mass is 15.3. The summed E-state index contributed by atoms with van der Waals surface area (Å²) < 4.78 is 2.04. The van der Waals surface area contributed by atoms with E-state index in [1.165, 1.54) is 0 Å². The summed E-state index contributed by atoms with van der Waals surface area (Å²) in [6, 6.07) is 2.69. The molecule has 0 amide bonds. The molecule has 0 aromatic carbocycles. The molecule has 0 aliphatic rings. The monoisotopic (exact) mass is 287 g/mol. The first kappa shape index (κ1) is 15.6. The van der Waals surface area contributed by atoms with Crippen molar-refractivity contribution in [2.75, 3.05) is 6.54 Å². The van der Waals surface area contributed by atoms with Gasteiger partial charge in [0.25, 0.3) is 0 Å². The molecule has 0 saturated heterocycles. The summed E-state index contributed by atoms with van der Waals surface area (Å²) in [6.07, 6.45) is 7.65. The average molecular weight is 287 g/mol.